The van der Waals surface area contributed by atoms with Crippen molar-refractivity contribution in [1.82, 2.24) is 15.2 Å². The summed E-state index contributed by atoms with van der Waals surface area (Å²) >= 11 is 3.19. The summed E-state index contributed by atoms with van der Waals surface area (Å²) in [4.78, 5) is 30.1. The number of thiazole rings is 1. The molecule has 0 unspecified atom stereocenters. The number of hydrogen-bond donors (Lipinski definition) is 2. The van der Waals surface area contributed by atoms with Crippen LogP contribution in [-0.4, -0.2) is 46.9 Å². The molecule has 24 heavy (non-hydrogen) atoms. The molecule has 1 aromatic carbocycles. The lowest BCUT2D eigenvalue weighted by Crippen LogP contribution is -2.49. The van der Waals surface area contributed by atoms with Gasteiger partial charge in [-0.2, -0.15) is 11.8 Å². The van der Waals surface area contributed by atoms with E-state index in [2.05, 4.69) is 10.3 Å². The number of thioether (sulfide) groups is 1. The molecule has 2 atom stereocenters. The largest absolute Gasteiger partial charge is 0.352 e. The second kappa shape index (κ2) is 8.34. The average Bonchev–Trinajstić information content (AvgIpc) is 3.00. The smallest absolute Gasteiger partial charge is 0.312 e. The third-order valence-corrected chi connectivity index (χ3v) is 5.67. The number of nitrogens with one attached hydrogen (secondary N) is 1. The van der Waals surface area contributed by atoms with Gasteiger partial charge in [0.1, 0.15) is 11.0 Å². The molecule has 130 valence electrons. The van der Waals surface area contributed by atoms with Crippen LogP contribution in [0.5, 0.6) is 0 Å². The highest BCUT2D eigenvalue weighted by atomic mass is 32.2. The molecule has 0 spiro atoms. The summed E-state index contributed by atoms with van der Waals surface area (Å²) in [5.74, 6) is 0.606. The Morgan fingerprint density at radius 1 is 1.42 bits per heavy atom. The van der Waals surface area contributed by atoms with Gasteiger partial charge in [0.05, 0.1) is 16.3 Å². The van der Waals surface area contributed by atoms with Gasteiger partial charge in [0, 0.05) is 7.05 Å². The van der Waals surface area contributed by atoms with Crippen molar-refractivity contribution in [1.29, 1.82) is 0 Å². The number of hydrogen-bond acceptors (Lipinski definition) is 5. The quantitative estimate of drug-likeness (QED) is 0.788. The molecule has 1 aromatic heterocycles. The molecule has 3 amide bonds. The van der Waals surface area contributed by atoms with Crippen LogP contribution in [0.2, 0.25) is 0 Å². The number of primary amides is 1. The van der Waals surface area contributed by atoms with Crippen LogP contribution in [0.25, 0.3) is 10.2 Å². The summed E-state index contributed by atoms with van der Waals surface area (Å²) < 4.78 is 1.09. The first-order chi connectivity index (χ1) is 11.4. The van der Waals surface area contributed by atoms with Gasteiger partial charge in [0.15, 0.2) is 0 Å². The van der Waals surface area contributed by atoms with E-state index in [4.69, 9.17) is 5.73 Å². The van der Waals surface area contributed by atoms with Crippen LogP contribution in [0.1, 0.15) is 24.4 Å². The van der Waals surface area contributed by atoms with Gasteiger partial charge in [-0.25, -0.2) is 9.78 Å². The van der Waals surface area contributed by atoms with Crippen LogP contribution in [0, 0.1) is 0 Å². The molecule has 1 heterocycles. The Bertz CT molecular complexity index is 686. The molecule has 0 radical (unpaired) electrons. The fourth-order valence-electron chi connectivity index (χ4n) is 2.34. The van der Waals surface area contributed by atoms with Crippen molar-refractivity contribution in [3.05, 3.63) is 29.3 Å². The molecule has 0 aliphatic carbocycles. The number of carbonyl (C=O) groups is 2. The van der Waals surface area contributed by atoms with Crippen molar-refractivity contribution in [3.63, 3.8) is 0 Å². The van der Waals surface area contributed by atoms with Gasteiger partial charge in [-0.3, -0.25) is 4.79 Å². The molecule has 3 N–H and O–H groups in total. The van der Waals surface area contributed by atoms with E-state index in [0.717, 1.165) is 21.0 Å². The van der Waals surface area contributed by atoms with Gasteiger partial charge in [-0.1, -0.05) is 12.1 Å². The summed E-state index contributed by atoms with van der Waals surface area (Å²) in [5, 5.41) is 3.42. The molecule has 0 aliphatic rings. The Balaban J connectivity index is 2.15. The number of rotatable bonds is 7. The SMILES string of the molecule is CSCC[C@H](NC(N)=O)C(=O)N(C)[C@H](C)c1nc2ccccc2s1. The first-order valence-corrected chi connectivity index (χ1v) is 9.82. The lowest BCUT2D eigenvalue weighted by molar-refractivity contribution is -0.133. The highest BCUT2D eigenvalue weighted by molar-refractivity contribution is 7.98. The van der Waals surface area contributed by atoms with Crippen LogP contribution in [0.15, 0.2) is 24.3 Å². The minimum atomic E-state index is -0.685. The predicted octanol–water partition coefficient (Wildman–Crippen LogP) is 2.61. The van der Waals surface area contributed by atoms with E-state index in [1.165, 1.54) is 0 Å². The van der Waals surface area contributed by atoms with Gasteiger partial charge in [-0.15, -0.1) is 11.3 Å². The van der Waals surface area contributed by atoms with E-state index in [1.807, 2.05) is 37.4 Å². The Hall–Kier alpha value is -1.80. The average molecular weight is 367 g/mol. The van der Waals surface area contributed by atoms with Crippen LogP contribution in [0.4, 0.5) is 4.79 Å². The van der Waals surface area contributed by atoms with Gasteiger partial charge < -0.3 is 16.0 Å². The van der Waals surface area contributed by atoms with Crippen molar-refractivity contribution in [2.45, 2.75) is 25.4 Å². The van der Waals surface area contributed by atoms with Crippen LogP contribution >= 0.6 is 23.1 Å². The number of benzene rings is 1. The van der Waals surface area contributed by atoms with Crippen molar-refractivity contribution in [2.75, 3.05) is 19.1 Å². The molecule has 2 aromatic rings. The number of urea groups is 1. The zero-order chi connectivity index (χ0) is 17.7. The molecule has 6 nitrogen and oxygen atoms in total. The molecule has 0 fully saturated rings. The molecule has 0 saturated carbocycles. The number of nitrogens with two attached hydrogens (primary N) is 1. The normalized spacial score (nSPS) is 13.5. The van der Waals surface area contributed by atoms with E-state index < -0.39 is 12.1 Å². The van der Waals surface area contributed by atoms with Crippen LogP contribution in [-0.2, 0) is 4.79 Å². The zero-order valence-electron chi connectivity index (χ0n) is 14.0. The van der Waals surface area contributed by atoms with E-state index in [9.17, 15) is 9.59 Å². The lowest BCUT2D eigenvalue weighted by atomic mass is 10.1. The number of carbonyl (C=O) groups excluding carboxylic acids is 2. The lowest BCUT2D eigenvalue weighted by Gasteiger charge is -2.28. The fourth-order valence-corrected chi connectivity index (χ4v) is 3.87. The van der Waals surface area contributed by atoms with E-state index >= 15 is 0 Å². The maximum atomic E-state index is 12.7. The highest BCUT2D eigenvalue weighted by Crippen LogP contribution is 2.29. The standard InChI is InChI=1S/C16H22N4O2S2/c1-10(14-18-11-6-4-5-7-13(11)24-14)20(2)15(21)12(8-9-23-3)19-16(17)22/h4-7,10,12H,8-9H2,1-3H3,(H3,17,19,22)/t10-,12+/m1/s1. The Morgan fingerprint density at radius 2 is 2.12 bits per heavy atom. The maximum Gasteiger partial charge on any atom is 0.312 e. The third kappa shape index (κ3) is 4.39. The summed E-state index contributed by atoms with van der Waals surface area (Å²) in [7, 11) is 1.73. The van der Waals surface area contributed by atoms with Crippen molar-refractivity contribution in [2.24, 2.45) is 5.73 Å². The number of amides is 3. The van der Waals surface area contributed by atoms with Crippen molar-refractivity contribution >= 4 is 45.3 Å². The summed E-state index contributed by atoms with van der Waals surface area (Å²) in [6.45, 7) is 1.94. The maximum absolute atomic E-state index is 12.7. The molecule has 2 rings (SSSR count). The van der Waals surface area contributed by atoms with Gasteiger partial charge in [0.25, 0.3) is 0 Å². The summed E-state index contributed by atoms with van der Waals surface area (Å²) in [6.07, 6.45) is 2.50. The second-order valence-electron chi connectivity index (χ2n) is 5.49. The van der Waals surface area contributed by atoms with E-state index in [0.29, 0.717) is 6.42 Å². The molecule has 8 heteroatoms. The van der Waals surface area contributed by atoms with Crippen LogP contribution < -0.4 is 11.1 Å². The zero-order valence-corrected chi connectivity index (χ0v) is 15.6. The molecule has 0 bridgehead atoms. The Kier molecular flexibility index (Phi) is 6.44. The minimum absolute atomic E-state index is 0.158. The number of para-hydroxylation sites is 1. The number of nitrogens with zero attached hydrogens (tertiary/aromatic N) is 2. The first-order valence-electron chi connectivity index (χ1n) is 7.61. The first kappa shape index (κ1) is 18.5. The number of fused-ring (bicyclic) bond motifs is 1. The van der Waals surface area contributed by atoms with E-state index in [1.54, 1.807) is 35.0 Å². The summed E-state index contributed by atoms with van der Waals surface area (Å²) in [6, 6.07) is 6.41. The van der Waals surface area contributed by atoms with Gasteiger partial charge >= 0.3 is 6.03 Å². The van der Waals surface area contributed by atoms with Gasteiger partial charge in [-0.05, 0) is 37.5 Å². The number of likely N-dealkylation sites (N-methyl/N-ethyl adjacent to an activating group) is 1. The van der Waals surface area contributed by atoms with Crippen LogP contribution in [0.3, 0.4) is 0 Å². The molecular weight excluding hydrogens is 344 g/mol. The minimum Gasteiger partial charge on any atom is -0.352 e. The van der Waals surface area contributed by atoms with Gasteiger partial charge in [0.2, 0.25) is 5.91 Å². The monoisotopic (exact) mass is 366 g/mol. The molecular formula is C16H22N4O2S2. The highest BCUT2D eigenvalue weighted by Gasteiger charge is 2.27. The van der Waals surface area contributed by atoms with Crippen molar-refractivity contribution < 1.29 is 9.59 Å². The fraction of sp³-hybridized carbons (Fsp3) is 0.438. The molecule has 0 aliphatic heterocycles. The Labute approximate surface area is 149 Å². The third-order valence-electron chi connectivity index (χ3n) is 3.82. The van der Waals surface area contributed by atoms with Crippen molar-refractivity contribution in [3.8, 4) is 0 Å². The van der Waals surface area contributed by atoms with E-state index in [-0.39, 0.29) is 11.9 Å². The number of aromatic nitrogens is 1. The summed E-state index contributed by atoms with van der Waals surface area (Å²) in [5.41, 5.74) is 6.13. The molecule has 0 saturated heterocycles. The Morgan fingerprint density at radius 3 is 2.75 bits per heavy atom. The second-order valence-corrected chi connectivity index (χ2v) is 7.54. The predicted molar refractivity (Wildman–Crippen MR) is 100 cm³/mol. The topological polar surface area (TPSA) is 88.3 Å².